The van der Waals surface area contributed by atoms with E-state index in [9.17, 15) is 9.59 Å². The summed E-state index contributed by atoms with van der Waals surface area (Å²) >= 11 is 0. The maximum Gasteiger partial charge on any atom is 0.321 e. The molecule has 1 aromatic heterocycles. The fourth-order valence-electron chi connectivity index (χ4n) is 6.07. The van der Waals surface area contributed by atoms with Crippen molar-refractivity contribution in [2.45, 2.75) is 90.5 Å². The second-order valence-corrected chi connectivity index (χ2v) is 13.7. The molecule has 2 aromatic carbocycles. The Bertz CT molecular complexity index is 1590. The van der Waals surface area contributed by atoms with Crippen LogP contribution in [-0.4, -0.2) is 95.3 Å². The molecule has 14 heteroatoms. The maximum absolute atomic E-state index is 12.8. The van der Waals surface area contributed by atoms with Crippen LogP contribution in [0, 0.1) is 0 Å². The summed E-state index contributed by atoms with van der Waals surface area (Å²) in [6.07, 6.45) is 14.4. The van der Waals surface area contributed by atoms with Gasteiger partial charge in [0, 0.05) is 18.3 Å². The Morgan fingerprint density at radius 2 is 1.07 bits per heavy atom. The molecule has 57 heavy (non-hydrogen) atoms. The number of aryl methyl sites for hydroxylation is 1. The number of H-pyrrole nitrogens is 1. The maximum atomic E-state index is 12.8. The summed E-state index contributed by atoms with van der Waals surface area (Å²) in [5.41, 5.74) is 1.15. The minimum atomic E-state index is -0.495. The Morgan fingerprint density at radius 1 is 0.596 bits per heavy atom. The van der Waals surface area contributed by atoms with Crippen LogP contribution >= 0.6 is 0 Å². The van der Waals surface area contributed by atoms with E-state index in [1.165, 1.54) is 63.9 Å². The van der Waals surface area contributed by atoms with Crippen LogP contribution in [0.5, 0.6) is 23.0 Å². The first-order valence-corrected chi connectivity index (χ1v) is 20.8. The highest BCUT2D eigenvalue weighted by Gasteiger charge is 2.11. The lowest BCUT2D eigenvalue weighted by atomic mass is 10.0. The first kappa shape index (κ1) is 45.3. The highest BCUT2D eigenvalue weighted by Crippen LogP contribution is 2.29. The summed E-state index contributed by atoms with van der Waals surface area (Å²) in [6.45, 7) is 6.88. The van der Waals surface area contributed by atoms with Gasteiger partial charge in [-0.2, -0.15) is 0 Å². The van der Waals surface area contributed by atoms with Gasteiger partial charge in [0.05, 0.1) is 52.9 Å². The summed E-state index contributed by atoms with van der Waals surface area (Å²) in [4.78, 5) is 32.2. The molecule has 316 valence electrons. The minimum absolute atomic E-state index is 0.118. The SMILES string of the molecule is CCCCCCCCCCCCCc1cc(=O)[nH]c(NC(=O)NCc2ccc3c(c2)OCCOCCOCCOc2ccccc2OCCOCCOCCO3)n1. The summed E-state index contributed by atoms with van der Waals surface area (Å²) in [5.74, 6) is 2.46. The molecule has 0 bridgehead atoms. The van der Waals surface area contributed by atoms with Crippen molar-refractivity contribution in [3.8, 4) is 23.0 Å². The second kappa shape index (κ2) is 28.9. The van der Waals surface area contributed by atoms with Gasteiger partial charge >= 0.3 is 6.03 Å². The summed E-state index contributed by atoms with van der Waals surface area (Å²) in [5, 5.41) is 5.49. The lowest BCUT2D eigenvalue weighted by Crippen LogP contribution is -2.30. The number of carbonyl (C=O) groups is 1. The lowest BCUT2D eigenvalue weighted by molar-refractivity contribution is 0.0223. The average Bonchev–Trinajstić information content (AvgIpc) is 3.21. The molecule has 0 unspecified atom stereocenters. The Balaban J connectivity index is 1.20. The van der Waals surface area contributed by atoms with Crippen LogP contribution in [0.3, 0.4) is 0 Å². The van der Waals surface area contributed by atoms with Crippen LogP contribution in [0.25, 0.3) is 0 Å². The van der Waals surface area contributed by atoms with Gasteiger partial charge in [-0.15, -0.1) is 0 Å². The zero-order valence-corrected chi connectivity index (χ0v) is 33.8. The van der Waals surface area contributed by atoms with Crippen LogP contribution < -0.4 is 35.1 Å². The Labute approximate surface area is 337 Å². The number of carbonyl (C=O) groups excluding carboxylic acids is 1. The zero-order chi connectivity index (χ0) is 40.0. The predicted molar refractivity (Wildman–Crippen MR) is 219 cm³/mol. The Morgan fingerprint density at radius 3 is 1.61 bits per heavy atom. The van der Waals surface area contributed by atoms with Gasteiger partial charge in [-0.3, -0.25) is 15.1 Å². The fraction of sp³-hybridized carbons (Fsp3) is 0.605. The van der Waals surface area contributed by atoms with Crippen LogP contribution in [0.2, 0.25) is 0 Å². The van der Waals surface area contributed by atoms with E-state index in [1.807, 2.05) is 36.4 Å². The molecular weight excluding hydrogens is 732 g/mol. The molecule has 3 N–H and O–H groups in total. The van der Waals surface area contributed by atoms with Crippen molar-refractivity contribution in [1.29, 1.82) is 0 Å². The first-order valence-electron chi connectivity index (χ1n) is 20.8. The molecule has 0 aliphatic carbocycles. The van der Waals surface area contributed by atoms with Crippen LogP contribution in [0.1, 0.15) is 88.8 Å². The number of anilines is 1. The molecule has 2 amide bonds. The van der Waals surface area contributed by atoms with Crippen molar-refractivity contribution in [3.63, 3.8) is 0 Å². The first-order chi connectivity index (χ1) is 28.1. The molecular formula is C43H64N4O10. The zero-order valence-electron chi connectivity index (χ0n) is 33.8. The number of ether oxygens (including phenoxy) is 8. The number of nitrogens with one attached hydrogen (secondary N) is 3. The van der Waals surface area contributed by atoms with Gasteiger partial charge in [0.25, 0.3) is 5.56 Å². The smallest absolute Gasteiger partial charge is 0.321 e. The molecule has 2 heterocycles. The summed E-state index contributed by atoms with van der Waals surface area (Å²) in [6, 6.07) is 14.0. The average molecular weight is 797 g/mol. The number of aromatic nitrogens is 2. The van der Waals surface area contributed by atoms with Gasteiger partial charge < -0.3 is 43.2 Å². The molecule has 0 fully saturated rings. The number of hydrogen-bond donors (Lipinski definition) is 3. The lowest BCUT2D eigenvalue weighted by Gasteiger charge is -2.15. The summed E-state index contributed by atoms with van der Waals surface area (Å²) in [7, 11) is 0. The largest absolute Gasteiger partial charge is 0.487 e. The van der Waals surface area contributed by atoms with Gasteiger partial charge in [0.2, 0.25) is 5.95 Å². The quantitative estimate of drug-likeness (QED) is 0.133. The van der Waals surface area contributed by atoms with E-state index >= 15 is 0 Å². The number of urea groups is 1. The topological polar surface area (TPSA) is 161 Å². The van der Waals surface area contributed by atoms with E-state index in [0.29, 0.717) is 108 Å². The summed E-state index contributed by atoms with van der Waals surface area (Å²) < 4.78 is 46.4. The van der Waals surface area contributed by atoms with Crippen molar-refractivity contribution in [1.82, 2.24) is 15.3 Å². The Kier molecular flexibility index (Phi) is 23.0. The highest BCUT2D eigenvalue weighted by molar-refractivity contribution is 5.87. The highest BCUT2D eigenvalue weighted by atomic mass is 16.6. The minimum Gasteiger partial charge on any atom is -0.487 e. The van der Waals surface area contributed by atoms with Crippen LogP contribution in [-0.2, 0) is 31.9 Å². The van der Waals surface area contributed by atoms with Crippen molar-refractivity contribution >= 4 is 12.0 Å². The van der Waals surface area contributed by atoms with Gasteiger partial charge in [0.1, 0.15) is 26.4 Å². The predicted octanol–water partition coefficient (Wildman–Crippen LogP) is 7.24. The molecule has 1 aliphatic heterocycles. The van der Waals surface area contributed by atoms with E-state index in [4.69, 9.17) is 37.9 Å². The molecule has 1 aliphatic rings. The number of hydrogen-bond acceptors (Lipinski definition) is 11. The van der Waals surface area contributed by atoms with Crippen molar-refractivity contribution in [2.24, 2.45) is 0 Å². The second-order valence-electron chi connectivity index (χ2n) is 13.7. The molecule has 0 saturated carbocycles. The molecule has 0 saturated heterocycles. The standard InChI is InChI=1S/C43H64N4O10/c1-2-3-4-5-6-7-8-9-10-11-12-15-36-33-41(48)46-42(45-36)47-43(49)44-34-35-18-19-39-40(32-35)57-31-27-53-23-22-51-25-29-55-38-17-14-13-16-37(38)54-28-24-50-20-21-52-26-30-56-39/h13-14,16-19,32-33H,2-12,15,20-31,34H2,1H3,(H3,44,45,46,47,48,49). The third-order valence-corrected chi connectivity index (χ3v) is 9.06. The van der Waals surface area contributed by atoms with Gasteiger partial charge in [-0.25, -0.2) is 9.78 Å². The van der Waals surface area contributed by atoms with Crippen molar-refractivity contribution < 1.29 is 42.7 Å². The normalized spacial score (nSPS) is 15.2. The Hall–Kier alpha value is -4.37. The molecule has 3 aromatic rings. The molecule has 14 nitrogen and oxygen atoms in total. The number of aromatic amines is 1. The van der Waals surface area contributed by atoms with Crippen LogP contribution in [0.15, 0.2) is 53.3 Å². The van der Waals surface area contributed by atoms with Crippen molar-refractivity contribution in [2.75, 3.05) is 84.6 Å². The van der Waals surface area contributed by atoms with E-state index in [-0.39, 0.29) is 24.7 Å². The number of benzene rings is 2. The molecule has 4 rings (SSSR count). The molecule has 0 atom stereocenters. The van der Waals surface area contributed by atoms with Gasteiger partial charge in [-0.05, 0) is 42.7 Å². The number of rotatable bonds is 15. The monoisotopic (exact) mass is 796 g/mol. The van der Waals surface area contributed by atoms with E-state index in [2.05, 4.69) is 27.5 Å². The van der Waals surface area contributed by atoms with Gasteiger partial charge in [0.15, 0.2) is 23.0 Å². The van der Waals surface area contributed by atoms with E-state index < -0.39 is 6.03 Å². The molecule has 0 radical (unpaired) electrons. The van der Waals surface area contributed by atoms with E-state index in [1.54, 1.807) is 6.07 Å². The number of para-hydroxylation sites is 2. The van der Waals surface area contributed by atoms with E-state index in [0.717, 1.165) is 18.4 Å². The van der Waals surface area contributed by atoms with Crippen molar-refractivity contribution in [3.05, 3.63) is 70.1 Å². The number of unbranched alkanes of at least 4 members (excludes halogenated alkanes) is 10. The fourth-order valence-corrected chi connectivity index (χ4v) is 6.07. The number of fused-ring (bicyclic) bond motifs is 2. The third kappa shape index (κ3) is 20.1. The third-order valence-electron chi connectivity index (χ3n) is 9.06. The molecule has 0 spiro atoms. The van der Waals surface area contributed by atoms with Gasteiger partial charge in [-0.1, -0.05) is 89.3 Å². The number of nitrogens with zero attached hydrogens (tertiary/aromatic N) is 1. The van der Waals surface area contributed by atoms with Crippen LogP contribution in [0.4, 0.5) is 10.7 Å². The number of amides is 2.